The second-order valence-electron chi connectivity index (χ2n) is 8.35. The number of carbonyl (C=O) groups excluding carboxylic acids is 1. The number of hydrogen-bond acceptors (Lipinski definition) is 8. The number of fused-ring (bicyclic) bond motifs is 2. The molecule has 1 fully saturated rings. The van der Waals surface area contributed by atoms with Gasteiger partial charge in [0.15, 0.2) is 11.5 Å². The average Bonchev–Trinajstić information content (AvgIpc) is 3.41. The number of pyridine rings is 1. The standard InChI is InChI=1S/C25H24N4O4S2/c1-3-4-9-26-22-17(23(30)28-12-15(2)5-8-21(28)27-22)11-20-24(31)29(25(34)35-20)13-16-6-7-18-19(10-16)33-14-32-18/h5-8,10-12,26H,3-4,9,13-14H2,1-2H3. The van der Waals surface area contributed by atoms with Crippen LogP contribution in [0.2, 0.25) is 0 Å². The highest BCUT2D eigenvalue weighted by molar-refractivity contribution is 8.26. The van der Waals surface area contributed by atoms with Gasteiger partial charge in [0, 0.05) is 12.7 Å². The Hall–Kier alpha value is -3.37. The quantitative estimate of drug-likeness (QED) is 0.287. The third kappa shape index (κ3) is 4.63. The summed E-state index contributed by atoms with van der Waals surface area (Å²) in [6.45, 7) is 5.18. The maximum Gasteiger partial charge on any atom is 0.267 e. The number of unbranched alkanes of at least 4 members (excludes halogenated alkanes) is 1. The van der Waals surface area contributed by atoms with Gasteiger partial charge < -0.3 is 14.8 Å². The van der Waals surface area contributed by atoms with Gasteiger partial charge in [-0.25, -0.2) is 4.98 Å². The molecule has 0 unspecified atom stereocenters. The summed E-state index contributed by atoms with van der Waals surface area (Å²) in [5.74, 6) is 1.55. The predicted octanol–water partition coefficient (Wildman–Crippen LogP) is 4.35. The Morgan fingerprint density at radius 1 is 1.20 bits per heavy atom. The van der Waals surface area contributed by atoms with Gasteiger partial charge in [0.25, 0.3) is 11.5 Å². The molecule has 2 aliphatic heterocycles. The molecule has 0 bridgehead atoms. The fraction of sp³-hybridized carbons (Fsp3) is 0.280. The van der Waals surface area contributed by atoms with Gasteiger partial charge in [-0.2, -0.15) is 0 Å². The Bertz CT molecular complexity index is 1430. The minimum atomic E-state index is -0.245. The van der Waals surface area contributed by atoms with Crippen molar-refractivity contribution in [3.63, 3.8) is 0 Å². The van der Waals surface area contributed by atoms with E-state index in [4.69, 9.17) is 21.7 Å². The highest BCUT2D eigenvalue weighted by Gasteiger charge is 2.33. The molecular formula is C25H24N4O4S2. The van der Waals surface area contributed by atoms with Crippen molar-refractivity contribution in [2.45, 2.75) is 33.2 Å². The molecular weight excluding hydrogens is 484 g/mol. The Kier molecular flexibility index (Phi) is 6.48. The zero-order valence-corrected chi connectivity index (χ0v) is 21.0. The molecule has 5 rings (SSSR count). The largest absolute Gasteiger partial charge is 0.454 e. The fourth-order valence-corrected chi connectivity index (χ4v) is 5.13. The number of nitrogens with zero attached hydrogens (tertiary/aromatic N) is 3. The number of rotatable bonds is 7. The third-order valence-electron chi connectivity index (χ3n) is 5.75. The lowest BCUT2D eigenvalue weighted by atomic mass is 10.2. The van der Waals surface area contributed by atoms with Crippen LogP contribution in [0.1, 0.15) is 36.5 Å². The minimum absolute atomic E-state index is 0.187. The lowest BCUT2D eigenvalue weighted by Crippen LogP contribution is -2.27. The van der Waals surface area contributed by atoms with Gasteiger partial charge in [0.05, 0.1) is 17.0 Å². The molecule has 10 heteroatoms. The third-order valence-corrected chi connectivity index (χ3v) is 7.13. The van der Waals surface area contributed by atoms with Crippen molar-refractivity contribution < 1.29 is 14.3 Å². The van der Waals surface area contributed by atoms with Crippen molar-refractivity contribution in [2.24, 2.45) is 0 Å². The monoisotopic (exact) mass is 508 g/mol. The SMILES string of the molecule is CCCCNc1nc2ccc(C)cn2c(=O)c1C=C1SC(=S)N(Cc2ccc3c(c2)OCO3)C1=O. The number of hydrogen-bond donors (Lipinski definition) is 1. The molecule has 35 heavy (non-hydrogen) atoms. The van der Waals surface area contributed by atoms with Crippen LogP contribution in [0, 0.1) is 6.92 Å². The molecule has 1 saturated heterocycles. The number of ether oxygens (including phenoxy) is 2. The summed E-state index contributed by atoms with van der Waals surface area (Å²) in [6.07, 6.45) is 5.30. The van der Waals surface area contributed by atoms with E-state index in [0.717, 1.165) is 24.0 Å². The number of aryl methyl sites for hydroxylation is 1. The number of nitrogens with one attached hydrogen (secondary N) is 1. The molecule has 2 aliphatic rings. The van der Waals surface area contributed by atoms with Crippen LogP contribution in [-0.2, 0) is 11.3 Å². The molecule has 0 saturated carbocycles. The molecule has 0 spiro atoms. The van der Waals surface area contributed by atoms with E-state index in [1.807, 2.05) is 37.3 Å². The van der Waals surface area contributed by atoms with Crippen LogP contribution < -0.4 is 20.3 Å². The van der Waals surface area contributed by atoms with Crippen molar-refractivity contribution in [1.29, 1.82) is 0 Å². The van der Waals surface area contributed by atoms with Gasteiger partial charge in [-0.3, -0.25) is 18.9 Å². The summed E-state index contributed by atoms with van der Waals surface area (Å²) in [7, 11) is 0. The molecule has 8 nitrogen and oxygen atoms in total. The predicted molar refractivity (Wildman–Crippen MR) is 141 cm³/mol. The summed E-state index contributed by atoms with van der Waals surface area (Å²) >= 11 is 6.70. The topological polar surface area (TPSA) is 85.2 Å². The lowest BCUT2D eigenvalue weighted by molar-refractivity contribution is -0.122. The minimum Gasteiger partial charge on any atom is -0.454 e. The first-order valence-electron chi connectivity index (χ1n) is 11.4. The normalized spacial score (nSPS) is 16.1. The first-order chi connectivity index (χ1) is 16.9. The van der Waals surface area contributed by atoms with Crippen molar-refractivity contribution in [3.05, 3.63) is 68.5 Å². The van der Waals surface area contributed by atoms with E-state index in [1.54, 1.807) is 12.3 Å². The maximum atomic E-state index is 13.4. The van der Waals surface area contributed by atoms with E-state index >= 15 is 0 Å². The Labute approximate surface area is 211 Å². The van der Waals surface area contributed by atoms with Crippen LogP contribution in [0.25, 0.3) is 11.7 Å². The Morgan fingerprint density at radius 3 is 2.86 bits per heavy atom. The van der Waals surface area contributed by atoms with Gasteiger partial charge >= 0.3 is 0 Å². The van der Waals surface area contributed by atoms with E-state index in [9.17, 15) is 9.59 Å². The molecule has 4 heterocycles. The van der Waals surface area contributed by atoms with Gasteiger partial charge in [0.2, 0.25) is 6.79 Å². The van der Waals surface area contributed by atoms with E-state index in [0.29, 0.717) is 50.8 Å². The second kappa shape index (κ2) is 9.71. The average molecular weight is 509 g/mol. The second-order valence-corrected chi connectivity index (χ2v) is 10.0. The molecule has 0 atom stereocenters. The summed E-state index contributed by atoms with van der Waals surface area (Å²) in [6, 6.07) is 9.29. The van der Waals surface area contributed by atoms with Crippen LogP contribution in [-0.4, -0.2) is 37.8 Å². The highest BCUT2D eigenvalue weighted by atomic mass is 32.2. The summed E-state index contributed by atoms with van der Waals surface area (Å²) in [5, 5.41) is 3.27. The number of carbonyl (C=O) groups is 1. The summed E-state index contributed by atoms with van der Waals surface area (Å²) < 4.78 is 12.7. The Balaban J connectivity index is 1.48. The van der Waals surface area contributed by atoms with Gasteiger partial charge in [-0.15, -0.1) is 0 Å². The van der Waals surface area contributed by atoms with Gasteiger partial charge in [-0.1, -0.05) is 49.5 Å². The van der Waals surface area contributed by atoms with E-state index in [2.05, 4.69) is 17.2 Å². The smallest absolute Gasteiger partial charge is 0.267 e. The first-order valence-corrected chi connectivity index (χ1v) is 12.6. The highest BCUT2D eigenvalue weighted by Crippen LogP contribution is 2.36. The number of aromatic nitrogens is 2. The van der Waals surface area contributed by atoms with E-state index in [1.165, 1.54) is 21.1 Å². The van der Waals surface area contributed by atoms with Crippen molar-refractivity contribution >= 4 is 51.7 Å². The fourth-order valence-electron chi connectivity index (χ4n) is 3.90. The van der Waals surface area contributed by atoms with Gasteiger partial charge in [-0.05, 0) is 48.7 Å². The zero-order chi connectivity index (χ0) is 24.5. The van der Waals surface area contributed by atoms with Crippen molar-refractivity contribution in [2.75, 3.05) is 18.7 Å². The summed E-state index contributed by atoms with van der Waals surface area (Å²) in [4.78, 5) is 33.3. The number of benzene rings is 1. The van der Waals surface area contributed by atoms with Gasteiger partial charge in [0.1, 0.15) is 15.8 Å². The lowest BCUT2D eigenvalue weighted by Gasteiger charge is -2.15. The zero-order valence-electron chi connectivity index (χ0n) is 19.4. The van der Waals surface area contributed by atoms with E-state index < -0.39 is 0 Å². The molecule has 1 N–H and O–H groups in total. The molecule has 0 aliphatic carbocycles. The molecule has 180 valence electrons. The molecule has 2 aromatic heterocycles. The van der Waals surface area contributed by atoms with Crippen LogP contribution in [0.5, 0.6) is 11.5 Å². The number of thiocarbonyl (C=S) groups is 1. The molecule has 1 amide bonds. The van der Waals surface area contributed by atoms with Crippen LogP contribution in [0.15, 0.2) is 46.2 Å². The van der Waals surface area contributed by atoms with Crippen LogP contribution in [0.3, 0.4) is 0 Å². The molecule has 1 aromatic carbocycles. The van der Waals surface area contributed by atoms with Crippen LogP contribution >= 0.6 is 24.0 Å². The molecule has 3 aromatic rings. The first kappa shape index (κ1) is 23.4. The van der Waals surface area contributed by atoms with Crippen molar-refractivity contribution in [3.8, 4) is 11.5 Å². The van der Waals surface area contributed by atoms with Crippen molar-refractivity contribution in [1.82, 2.24) is 14.3 Å². The van der Waals surface area contributed by atoms with E-state index in [-0.39, 0.29) is 18.3 Å². The van der Waals surface area contributed by atoms with Crippen LogP contribution in [0.4, 0.5) is 5.82 Å². The number of amides is 1. The molecule has 0 radical (unpaired) electrons. The maximum absolute atomic E-state index is 13.4. The summed E-state index contributed by atoms with van der Waals surface area (Å²) in [5.41, 5.74) is 2.46. The number of thioether (sulfide) groups is 1. The Morgan fingerprint density at radius 2 is 2.03 bits per heavy atom. The number of anilines is 1.